The van der Waals surface area contributed by atoms with Gasteiger partial charge >= 0.3 is 5.97 Å². The molecule has 238 valence electrons. The number of carboxylic acids is 1. The zero-order valence-corrected chi connectivity index (χ0v) is 25.8. The molecule has 3 rings (SSSR count). The molecule has 45 heavy (non-hydrogen) atoms. The molecular formula is C35H42FN5O4. The predicted octanol–water partition coefficient (Wildman–Crippen LogP) is 6.48. The minimum atomic E-state index is -0.831. The normalized spacial score (nSPS) is 14.1. The number of carboxylic acid groups (broad SMARTS) is 1. The summed E-state index contributed by atoms with van der Waals surface area (Å²) < 4.78 is 13.3. The topological polar surface area (TPSA) is 123 Å². The summed E-state index contributed by atoms with van der Waals surface area (Å²) in [6.07, 6.45) is 15.0. The first-order chi connectivity index (χ1) is 21.8. The quantitative estimate of drug-likeness (QED) is 0.0656. The lowest BCUT2D eigenvalue weighted by Crippen LogP contribution is -2.44. The van der Waals surface area contributed by atoms with Crippen LogP contribution in [0.3, 0.4) is 0 Å². The lowest BCUT2D eigenvalue weighted by Gasteiger charge is -2.31. The second-order valence-corrected chi connectivity index (χ2v) is 10.7. The van der Waals surface area contributed by atoms with Crippen molar-refractivity contribution in [3.8, 4) is 0 Å². The van der Waals surface area contributed by atoms with Crippen molar-refractivity contribution in [3.05, 3.63) is 96.0 Å². The Morgan fingerprint density at radius 3 is 2.49 bits per heavy atom. The second-order valence-electron chi connectivity index (χ2n) is 10.7. The van der Waals surface area contributed by atoms with E-state index in [1.165, 1.54) is 12.1 Å². The lowest BCUT2D eigenvalue weighted by molar-refractivity contribution is -0.137. The van der Waals surface area contributed by atoms with Gasteiger partial charge < -0.3 is 20.6 Å². The Morgan fingerprint density at radius 2 is 1.78 bits per heavy atom. The fraction of sp³-hybridized carbons (Fsp3) is 0.343. The van der Waals surface area contributed by atoms with Gasteiger partial charge in [-0.3, -0.25) is 24.4 Å². The fourth-order valence-electron chi connectivity index (χ4n) is 4.64. The molecule has 0 unspecified atom stereocenters. The first kappa shape index (κ1) is 34.6. The Kier molecular flexibility index (Phi) is 14.4. The number of nitrogens with zero attached hydrogens (tertiary/aromatic N) is 3. The van der Waals surface area contributed by atoms with Gasteiger partial charge in [0.15, 0.2) is 0 Å². The van der Waals surface area contributed by atoms with E-state index in [4.69, 9.17) is 5.11 Å². The molecule has 0 atom stereocenters. The zero-order chi connectivity index (χ0) is 32.4. The van der Waals surface area contributed by atoms with Gasteiger partial charge in [-0.1, -0.05) is 36.9 Å². The highest BCUT2D eigenvalue weighted by molar-refractivity contribution is 5.97. The summed E-state index contributed by atoms with van der Waals surface area (Å²) in [6.45, 7) is 7.09. The average molecular weight is 616 g/mol. The van der Waals surface area contributed by atoms with Crippen LogP contribution in [-0.4, -0.2) is 60.0 Å². The smallest absolute Gasteiger partial charge is 0.303 e. The molecule has 0 saturated carbocycles. The van der Waals surface area contributed by atoms with Crippen LogP contribution in [0.25, 0.3) is 0 Å². The molecule has 0 radical (unpaired) electrons. The van der Waals surface area contributed by atoms with E-state index >= 15 is 0 Å². The number of nitrogens with one attached hydrogen (secondary N) is 2. The highest BCUT2D eigenvalue weighted by Crippen LogP contribution is 2.30. The fourth-order valence-corrected chi connectivity index (χ4v) is 4.64. The van der Waals surface area contributed by atoms with Crippen LogP contribution < -0.4 is 10.6 Å². The van der Waals surface area contributed by atoms with Crippen LogP contribution in [0, 0.1) is 11.7 Å². The van der Waals surface area contributed by atoms with Crippen LogP contribution in [0.15, 0.2) is 89.0 Å². The summed E-state index contributed by atoms with van der Waals surface area (Å²) in [7, 11) is 0. The number of piperidine rings is 1. The Labute approximate surface area is 264 Å². The molecule has 2 amide bonds. The molecule has 1 saturated heterocycles. The predicted molar refractivity (Wildman–Crippen MR) is 177 cm³/mol. The van der Waals surface area contributed by atoms with Crippen molar-refractivity contribution >= 4 is 41.6 Å². The number of hydrogen-bond donors (Lipinski definition) is 3. The summed E-state index contributed by atoms with van der Waals surface area (Å²) in [5.41, 5.74) is 2.93. The van der Waals surface area contributed by atoms with Crippen molar-refractivity contribution in [2.24, 2.45) is 15.9 Å². The van der Waals surface area contributed by atoms with Gasteiger partial charge in [0.2, 0.25) is 5.91 Å². The molecule has 1 aliphatic rings. The number of hydrogen-bond acceptors (Lipinski definition) is 6. The molecule has 1 heterocycles. The summed E-state index contributed by atoms with van der Waals surface area (Å²) in [4.78, 5) is 47.7. The number of unbranched alkanes of at least 4 members (excludes halogenated alkanes) is 2. The van der Waals surface area contributed by atoms with Crippen molar-refractivity contribution in [3.63, 3.8) is 0 Å². The third-order valence-electron chi connectivity index (χ3n) is 7.21. The van der Waals surface area contributed by atoms with Gasteiger partial charge in [0, 0.05) is 49.1 Å². The van der Waals surface area contributed by atoms with Gasteiger partial charge in [0.25, 0.3) is 5.91 Å². The number of amides is 2. The first-order valence-corrected chi connectivity index (χ1v) is 15.2. The van der Waals surface area contributed by atoms with Crippen molar-refractivity contribution in [2.45, 2.75) is 51.9 Å². The zero-order valence-electron chi connectivity index (χ0n) is 25.8. The van der Waals surface area contributed by atoms with Gasteiger partial charge in [-0.15, -0.1) is 0 Å². The maximum Gasteiger partial charge on any atom is 0.303 e. The van der Waals surface area contributed by atoms with Gasteiger partial charge in [-0.2, -0.15) is 0 Å². The van der Waals surface area contributed by atoms with Gasteiger partial charge in [0.1, 0.15) is 5.82 Å². The minimum Gasteiger partial charge on any atom is -0.481 e. The largest absolute Gasteiger partial charge is 0.481 e. The number of benzene rings is 2. The molecular weight excluding hydrogens is 573 g/mol. The van der Waals surface area contributed by atoms with Crippen LogP contribution in [0.4, 0.5) is 15.8 Å². The van der Waals surface area contributed by atoms with Crippen LogP contribution in [0.2, 0.25) is 0 Å². The molecule has 0 bridgehead atoms. The molecule has 9 nitrogen and oxygen atoms in total. The van der Waals surface area contributed by atoms with E-state index in [1.807, 2.05) is 31.2 Å². The van der Waals surface area contributed by atoms with E-state index in [1.54, 1.807) is 47.7 Å². The summed E-state index contributed by atoms with van der Waals surface area (Å²) in [5.74, 6) is -1.55. The van der Waals surface area contributed by atoms with Crippen molar-refractivity contribution < 1.29 is 23.9 Å². The average Bonchev–Trinajstić information content (AvgIpc) is 3.04. The standard InChI is InChI=1S/C35H42FN5O4/c1-3-4-5-7-10-26(2)39-25-40-34(44)28-18-21-41(22-19-28)35(45)29-14-17-31(38-24-27-12-15-30(36)16-13-27)32(23-29)37-20-9-6-8-11-33(42)43/h3-4,7,10,12-17,20,23-24,28,39H,2,5-6,8-9,11,18-19,21-22,25H2,1H3,(H,40,44)(H,42,43)/b4-3-,10-7-,37-20?,38-24?. The van der Waals surface area contributed by atoms with Crippen molar-refractivity contribution in [2.75, 3.05) is 19.8 Å². The Hall–Kier alpha value is -4.86. The van der Waals surface area contributed by atoms with Crippen molar-refractivity contribution in [1.82, 2.24) is 15.5 Å². The third kappa shape index (κ3) is 12.3. The van der Waals surface area contributed by atoms with E-state index in [9.17, 15) is 18.8 Å². The Morgan fingerprint density at radius 1 is 1.02 bits per heavy atom. The number of rotatable bonds is 16. The monoisotopic (exact) mass is 615 g/mol. The van der Waals surface area contributed by atoms with E-state index in [0.29, 0.717) is 73.4 Å². The molecule has 3 N–H and O–H groups in total. The number of allylic oxidation sites excluding steroid dienone is 4. The lowest BCUT2D eigenvalue weighted by atomic mass is 9.95. The van der Waals surface area contributed by atoms with Gasteiger partial charge in [0.05, 0.1) is 18.0 Å². The van der Waals surface area contributed by atoms with E-state index in [-0.39, 0.29) is 36.6 Å². The van der Waals surface area contributed by atoms with Crippen molar-refractivity contribution in [1.29, 1.82) is 0 Å². The number of carbonyl (C=O) groups excluding carboxylic acids is 2. The van der Waals surface area contributed by atoms with E-state index in [0.717, 1.165) is 6.42 Å². The van der Waals surface area contributed by atoms with Crippen LogP contribution >= 0.6 is 0 Å². The first-order valence-electron chi connectivity index (χ1n) is 15.2. The van der Waals surface area contributed by atoms with Crippen LogP contribution in [-0.2, 0) is 9.59 Å². The third-order valence-corrected chi connectivity index (χ3v) is 7.21. The van der Waals surface area contributed by atoms with E-state index < -0.39 is 5.97 Å². The number of likely N-dealkylation sites (tertiary alicyclic amines) is 1. The molecule has 0 aromatic heterocycles. The summed E-state index contributed by atoms with van der Waals surface area (Å²) in [5, 5.41) is 14.8. The molecule has 0 aliphatic carbocycles. The van der Waals surface area contributed by atoms with Gasteiger partial charge in [-0.25, -0.2) is 4.39 Å². The molecule has 1 fully saturated rings. The van der Waals surface area contributed by atoms with E-state index in [2.05, 4.69) is 27.2 Å². The number of aliphatic carboxylic acids is 1. The molecule has 1 aliphatic heterocycles. The Bertz CT molecular complexity index is 1420. The summed E-state index contributed by atoms with van der Waals surface area (Å²) in [6, 6.07) is 11.1. The highest BCUT2D eigenvalue weighted by atomic mass is 19.1. The van der Waals surface area contributed by atoms with Gasteiger partial charge in [-0.05, 0) is 87.4 Å². The molecule has 2 aromatic rings. The summed E-state index contributed by atoms with van der Waals surface area (Å²) >= 11 is 0. The molecule has 0 spiro atoms. The Balaban J connectivity index is 1.59. The highest BCUT2D eigenvalue weighted by Gasteiger charge is 2.28. The number of aliphatic imine (C=N–C) groups is 2. The molecule has 10 heteroatoms. The second kappa shape index (κ2) is 18.7. The van der Waals surface area contributed by atoms with Crippen LogP contribution in [0.5, 0.6) is 0 Å². The minimum absolute atomic E-state index is 0.0522. The number of halogens is 1. The maximum absolute atomic E-state index is 13.4. The SMILES string of the molecule is C=C(/C=C\C/C=C\C)NCNC(=O)C1CCN(C(=O)c2ccc(N=Cc3ccc(F)cc3)c(N=CCCCCC(=O)O)c2)CC1. The molecule has 2 aromatic carbocycles. The maximum atomic E-state index is 13.4. The number of carbonyl (C=O) groups is 3. The van der Waals surface area contributed by atoms with Crippen LogP contribution in [0.1, 0.15) is 67.8 Å².